The van der Waals surface area contributed by atoms with Gasteiger partial charge in [-0.3, -0.25) is 4.99 Å². The number of fused-ring (bicyclic) bond motifs is 2. The quantitative estimate of drug-likeness (QED) is 0.641. The normalized spacial score (nSPS) is 26.6. The zero-order valence-electron chi connectivity index (χ0n) is 14.1. The molecule has 3 heterocycles. The van der Waals surface area contributed by atoms with Crippen LogP contribution in [0.3, 0.4) is 0 Å². The van der Waals surface area contributed by atoms with Crippen LogP contribution < -0.4 is 15.4 Å². The summed E-state index contributed by atoms with van der Waals surface area (Å²) in [6.07, 6.45) is 6.18. The molecule has 2 aliphatic rings. The smallest absolute Gasteiger partial charge is 0.213 e. The average Bonchev–Trinajstić information content (AvgIpc) is 3.15. The molecular weight excluding hydrogens is 292 g/mol. The molecule has 6 nitrogen and oxygen atoms in total. The van der Waals surface area contributed by atoms with E-state index in [0.717, 1.165) is 24.4 Å². The Morgan fingerprint density at radius 1 is 1.43 bits per heavy atom. The fourth-order valence-corrected chi connectivity index (χ4v) is 3.17. The highest BCUT2D eigenvalue weighted by molar-refractivity contribution is 5.80. The van der Waals surface area contributed by atoms with E-state index in [0.29, 0.717) is 30.7 Å². The van der Waals surface area contributed by atoms with E-state index in [9.17, 15) is 0 Å². The summed E-state index contributed by atoms with van der Waals surface area (Å²) in [7, 11) is 1.79. The molecule has 126 valence electrons. The summed E-state index contributed by atoms with van der Waals surface area (Å²) in [6, 6.07) is 4.29. The Bertz CT molecular complexity index is 544. The molecule has 1 aromatic rings. The van der Waals surface area contributed by atoms with Gasteiger partial charge in [-0.1, -0.05) is 6.07 Å². The standard InChI is InChI=1S/C17H26N4O2/c1-11(2)22-16-7-4-12(9-19-16)10-20-17(18-3)21-14-8-13-5-6-15(14)23-13/h4,7,9,11,13-15H,5-6,8,10H2,1-3H3,(H2,18,20,21). The van der Waals surface area contributed by atoms with Crippen LogP contribution in [0, 0.1) is 0 Å². The zero-order valence-corrected chi connectivity index (χ0v) is 14.1. The number of nitrogens with zero attached hydrogens (tertiary/aromatic N) is 2. The van der Waals surface area contributed by atoms with Gasteiger partial charge in [-0.05, 0) is 38.7 Å². The molecule has 1 aromatic heterocycles. The maximum atomic E-state index is 5.87. The SMILES string of the molecule is CN=C(NCc1ccc(OC(C)C)nc1)NC1CC2CCC1O2. The summed E-state index contributed by atoms with van der Waals surface area (Å²) in [4.78, 5) is 8.62. The van der Waals surface area contributed by atoms with Crippen molar-refractivity contribution in [1.82, 2.24) is 15.6 Å². The number of aromatic nitrogens is 1. The second-order valence-electron chi connectivity index (χ2n) is 6.46. The Balaban J connectivity index is 1.48. The van der Waals surface area contributed by atoms with Crippen LogP contribution in [0.5, 0.6) is 5.88 Å². The van der Waals surface area contributed by atoms with Gasteiger partial charge in [0.25, 0.3) is 0 Å². The highest BCUT2D eigenvalue weighted by atomic mass is 16.5. The largest absolute Gasteiger partial charge is 0.475 e. The van der Waals surface area contributed by atoms with Gasteiger partial charge < -0.3 is 20.1 Å². The van der Waals surface area contributed by atoms with Gasteiger partial charge in [0.05, 0.1) is 24.4 Å². The molecule has 0 aromatic carbocycles. The van der Waals surface area contributed by atoms with Crippen LogP contribution in [0.25, 0.3) is 0 Å². The maximum Gasteiger partial charge on any atom is 0.213 e. The first-order valence-corrected chi connectivity index (χ1v) is 8.38. The van der Waals surface area contributed by atoms with E-state index in [-0.39, 0.29) is 6.10 Å². The molecule has 0 spiro atoms. The molecule has 0 saturated carbocycles. The third kappa shape index (κ3) is 4.13. The van der Waals surface area contributed by atoms with E-state index in [2.05, 4.69) is 20.6 Å². The van der Waals surface area contributed by atoms with Crippen LogP contribution in [0.1, 0.15) is 38.7 Å². The monoisotopic (exact) mass is 318 g/mol. The number of aliphatic imine (C=N–C) groups is 1. The number of pyridine rings is 1. The zero-order chi connectivity index (χ0) is 16.2. The van der Waals surface area contributed by atoms with Crippen LogP contribution in [0.15, 0.2) is 23.3 Å². The lowest BCUT2D eigenvalue weighted by Gasteiger charge is -2.22. The van der Waals surface area contributed by atoms with Gasteiger partial charge in [0, 0.05) is 25.9 Å². The Labute approximate surface area is 137 Å². The molecule has 0 radical (unpaired) electrons. The van der Waals surface area contributed by atoms with Gasteiger partial charge in [0.15, 0.2) is 5.96 Å². The van der Waals surface area contributed by atoms with E-state index in [4.69, 9.17) is 9.47 Å². The van der Waals surface area contributed by atoms with Crippen LogP contribution in [-0.2, 0) is 11.3 Å². The Morgan fingerprint density at radius 3 is 2.87 bits per heavy atom. The summed E-state index contributed by atoms with van der Waals surface area (Å²) >= 11 is 0. The van der Waals surface area contributed by atoms with E-state index in [1.807, 2.05) is 32.2 Å². The number of ether oxygens (including phenoxy) is 2. The van der Waals surface area contributed by atoms with Gasteiger partial charge >= 0.3 is 0 Å². The lowest BCUT2D eigenvalue weighted by atomic mass is 9.96. The van der Waals surface area contributed by atoms with Gasteiger partial charge in [-0.2, -0.15) is 0 Å². The molecule has 23 heavy (non-hydrogen) atoms. The molecular formula is C17H26N4O2. The van der Waals surface area contributed by atoms with Crippen LogP contribution >= 0.6 is 0 Å². The van der Waals surface area contributed by atoms with Crippen molar-refractivity contribution in [3.05, 3.63) is 23.9 Å². The third-order valence-corrected chi connectivity index (χ3v) is 4.27. The highest BCUT2D eigenvalue weighted by Gasteiger charge is 2.41. The Morgan fingerprint density at radius 2 is 2.30 bits per heavy atom. The van der Waals surface area contributed by atoms with Crippen molar-refractivity contribution in [1.29, 1.82) is 0 Å². The predicted octanol–water partition coefficient (Wildman–Crippen LogP) is 1.85. The summed E-state index contributed by atoms with van der Waals surface area (Å²) < 4.78 is 11.4. The molecule has 2 bridgehead atoms. The minimum Gasteiger partial charge on any atom is -0.475 e. The summed E-state index contributed by atoms with van der Waals surface area (Å²) in [5.74, 6) is 1.47. The van der Waals surface area contributed by atoms with Gasteiger partial charge in [0.1, 0.15) is 0 Å². The van der Waals surface area contributed by atoms with Crippen LogP contribution in [0.4, 0.5) is 0 Å². The van der Waals surface area contributed by atoms with Gasteiger partial charge in [0.2, 0.25) is 5.88 Å². The number of hydrogen-bond acceptors (Lipinski definition) is 4. The number of nitrogens with one attached hydrogen (secondary N) is 2. The second-order valence-corrected chi connectivity index (χ2v) is 6.46. The summed E-state index contributed by atoms with van der Waals surface area (Å²) in [5.41, 5.74) is 1.09. The van der Waals surface area contributed by atoms with Crippen LogP contribution in [0.2, 0.25) is 0 Å². The molecule has 6 heteroatoms. The Kier molecular flexibility index (Phi) is 5.00. The molecule has 3 unspecified atom stereocenters. The van der Waals surface area contributed by atoms with E-state index >= 15 is 0 Å². The molecule has 3 rings (SSSR count). The molecule has 2 aliphatic heterocycles. The molecule has 2 N–H and O–H groups in total. The average molecular weight is 318 g/mol. The molecule has 2 fully saturated rings. The summed E-state index contributed by atoms with van der Waals surface area (Å²) in [6.45, 7) is 4.66. The van der Waals surface area contributed by atoms with E-state index < -0.39 is 0 Å². The van der Waals surface area contributed by atoms with Gasteiger partial charge in [-0.15, -0.1) is 0 Å². The summed E-state index contributed by atoms with van der Waals surface area (Å²) in [5, 5.41) is 6.81. The number of guanidine groups is 1. The minimum atomic E-state index is 0.137. The number of hydrogen-bond donors (Lipinski definition) is 2. The fraction of sp³-hybridized carbons (Fsp3) is 0.647. The van der Waals surface area contributed by atoms with Crippen LogP contribution in [-0.4, -0.2) is 42.3 Å². The van der Waals surface area contributed by atoms with Crippen molar-refractivity contribution < 1.29 is 9.47 Å². The lowest BCUT2D eigenvalue weighted by molar-refractivity contribution is 0.0992. The van der Waals surface area contributed by atoms with Crippen molar-refractivity contribution in [2.75, 3.05) is 7.05 Å². The Hall–Kier alpha value is -1.82. The fourth-order valence-electron chi connectivity index (χ4n) is 3.17. The minimum absolute atomic E-state index is 0.137. The van der Waals surface area contributed by atoms with E-state index in [1.165, 1.54) is 6.42 Å². The van der Waals surface area contributed by atoms with Crippen molar-refractivity contribution in [2.24, 2.45) is 4.99 Å². The predicted molar refractivity (Wildman–Crippen MR) is 89.6 cm³/mol. The first-order valence-electron chi connectivity index (χ1n) is 8.38. The van der Waals surface area contributed by atoms with Gasteiger partial charge in [-0.25, -0.2) is 4.98 Å². The molecule has 0 aliphatic carbocycles. The molecule has 3 atom stereocenters. The maximum absolute atomic E-state index is 5.87. The lowest BCUT2D eigenvalue weighted by Crippen LogP contribution is -2.47. The molecule has 0 amide bonds. The van der Waals surface area contributed by atoms with Crippen molar-refractivity contribution in [3.63, 3.8) is 0 Å². The van der Waals surface area contributed by atoms with Crippen molar-refractivity contribution >= 4 is 5.96 Å². The second kappa shape index (κ2) is 7.17. The van der Waals surface area contributed by atoms with Crippen molar-refractivity contribution in [2.45, 2.75) is 64.0 Å². The highest BCUT2D eigenvalue weighted by Crippen LogP contribution is 2.34. The topological polar surface area (TPSA) is 67.8 Å². The van der Waals surface area contributed by atoms with E-state index in [1.54, 1.807) is 7.05 Å². The number of rotatable bonds is 5. The molecule has 2 saturated heterocycles. The first kappa shape index (κ1) is 16.1. The third-order valence-electron chi connectivity index (χ3n) is 4.27. The first-order chi connectivity index (χ1) is 11.1. The van der Waals surface area contributed by atoms with Crippen molar-refractivity contribution in [3.8, 4) is 5.88 Å².